The van der Waals surface area contributed by atoms with Gasteiger partial charge in [-0.05, 0) is 61.6 Å². The maximum atomic E-state index is 12.8. The molecule has 2 aliphatic heterocycles. The average molecular weight is 435 g/mol. The number of hydrogen-bond acceptors (Lipinski definition) is 5. The summed E-state index contributed by atoms with van der Waals surface area (Å²) < 4.78 is 5.35. The lowest BCUT2D eigenvalue weighted by Crippen LogP contribution is -2.51. The van der Waals surface area contributed by atoms with Gasteiger partial charge in [0.1, 0.15) is 12.0 Å². The number of carbonyl (C=O) groups excluding carboxylic acids is 2. The highest BCUT2D eigenvalue weighted by atomic mass is 16.5. The lowest BCUT2D eigenvalue weighted by molar-refractivity contribution is -0.117. The van der Waals surface area contributed by atoms with Gasteiger partial charge in [0.05, 0.1) is 12.6 Å². The molecule has 1 aromatic carbocycles. The molecule has 2 fully saturated rings. The molecular formula is C25H30N4O3. The first-order chi connectivity index (χ1) is 15.4. The standard InChI is InChI=1S/C25H30N4O3/c1-14-5-4-6-21(26-14)27-23-15(2)24(17-7-8-17)29(16(3)30)20-10-9-18(13-19(20)23)25(31)28-22-11-12-32-22/h4-6,9-10,13,15,17,22-24H,7-8,11-12H2,1-3H3,(H,26,27)(H,28,31)/t15-,22?,23-,24-/m1/s1. The van der Waals surface area contributed by atoms with Gasteiger partial charge < -0.3 is 20.3 Å². The SMILES string of the molecule is CC(=O)N1c2ccc(C(=O)NC3CCO3)cc2[C@H](Nc2cccc(C)n2)[C@@H](C)[C@@H]1C1CC1. The van der Waals surface area contributed by atoms with Crippen LogP contribution in [0.1, 0.15) is 60.8 Å². The van der Waals surface area contributed by atoms with Crippen molar-refractivity contribution in [3.63, 3.8) is 0 Å². The summed E-state index contributed by atoms with van der Waals surface area (Å²) >= 11 is 0. The second kappa shape index (κ2) is 8.20. The van der Waals surface area contributed by atoms with E-state index in [0.717, 1.165) is 42.0 Å². The zero-order valence-electron chi connectivity index (χ0n) is 18.8. The van der Waals surface area contributed by atoms with E-state index in [-0.39, 0.29) is 36.0 Å². The lowest BCUT2D eigenvalue weighted by atomic mass is 9.79. The van der Waals surface area contributed by atoms with E-state index in [9.17, 15) is 9.59 Å². The van der Waals surface area contributed by atoms with Gasteiger partial charge in [-0.25, -0.2) is 4.98 Å². The normalized spacial score (nSPS) is 26.7. The van der Waals surface area contributed by atoms with Gasteiger partial charge in [-0.2, -0.15) is 0 Å². The average Bonchev–Trinajstić information content (AvgIpc) is 3.56. The molecule has 32 heavy (non-hydrogen) atoms. The number of carbonyl (C=O) groups is 2. The van der Waals surface area contributed by atoms with Crippen LogP contribution in [-0.4, -0.2) is 35.7 Å². The zero-order chi connectivity index (χ0) is 22.4. The Labute approximate surface area is 188 Å². The molecule has 1 aliphatic carbocycles. The summed E-state index contributed by atoms with van der Waals surface area (Å²) in [7, 11) is 0. The van der Waals surface area contributed by atoms with Crippen molar-refractivity contribution in [3.05, 3.63) is 53.2 Å². The fourth-order valence-corrected chi connectivity index (χ4v) is 5.07. The number of nitrogens with zero attached hydrogens (tertiary/aromatic N) is 2. The summed E-state index contributed by atoms with van der Waals surface area (Å²) in [6, 6.07) is 11.6. The summed E-state index contributed by atoms with van der Waals surface area (Å²) in [5.41, 5.74) is 3.35. The Balaban J connectivity index is 1.55. The van der Waals surface area contributed by atoms with Crippen LogP contribution in [0.3, 0.4) is 0 Å². The van der Waals surface area contributed by atoms with E-state index in [1.54, 1.807) is 6.92 Å². The van der Waals surface area contributed by atoms with Gasteiger partial charge in [-0.1, -0.05) is 13.0 Å². The number of amides is 2. The molecule has 4 atom stereocenters. The molecule has 1 unspecified atom stereocenters. The van der Waals surface area contributed by atoms with Crippen LogP contribution in [0.25, 0.3) is 0 Å². The van der Waals surface area contributed by atoms with Gasteiger partial charge in [-0.3, -0.25) is 9.59 Å². The Morgan fingerprint density at radius 1 is 1.16 bits per heavy atom. The quantitative estimate of drug-likeness (QED) is 0.748. The molecule has 7 nitrogen and oxygen atoms in total. The van der Waals surface area contributed by atoms with Crippen molar-refractivity contribution in [1.82, 2.24) is 10.3 Å². The van der Waals surface area contributed by atoms with E-state index < -0.39 is 0 Å². The molecule has 7 heteroatoms. The topological polar surface area (TPSA) is 83.6 Å². The van der Waals surface area contributed by atoms with Crippen molar-refractivity contribution < 1.29 is 14.3 Å². The lowest BCUT2D eigenvalue weighted by Gasteiger charge is -2.46. The van der Waals surface area contributed by atoms with Crippen LogP contribution in [0, 0.1) is 18.8 Å². The molecule has 0 spiro atoms. The molecule has 1 saturated heterocycles. The van der Waals surface area contributed by atoms with Crippen LogP contribution in [0.4, 0.5) is 11.5 Å². The number of anilines is 2. The van der Waals surface area contributed by atoms with Gasteiger partial charge >= 0.3 is 0 Å². The van der Waals surface area contributed by atoms with Crippen LogP contribution >= 0.6 is 0 Å². The molecule has 0 radical (unpaired) electrons. The first-order valence-electron chi connectivity index (χ1n) is 11.5. The number of aromatic nitrogens is 1. The monoisotopic (exact) mass is 434 g/mol. The number of fused-ring (bicyclic) bond motifs is 1. The zero-order valence-corrected chi connectivity index (χ0v) is 18.8. The molecule has 0 bridgehead atoms. The summed E-state index contributed by atoms with van der Waals surface area (Å²) in [6.07, 6.45) is 2.91. The van der Waals surface area contributed by atoms with Crippen LogP contribution in [0.15, 0.2) is 36.4 Å². The van der Waals surface area contributed by atoms with E-state index in [1.165, 1.54) is 0 Å². The van der Waals surface area contributed by atoms with E-state index >= 15 is 0 Å². The van der Waals surface area contributed by atoms with Crippen molar-refractivity contribution in [2.45, 2.75) is 58.3 Å². The minimum Gasteiger partial charge on any atom is -0.363 e. The van der Waals surface area contributed by atoms with Crippen LogP contribution in [0.2, 0.25) is 0 Å². The third-order valence-electron chi connectivity index (χ3n) is 6.87. The highest BCUT2D eigenvalue weighted by Gasteiger charge is 2.47. The van der Waals surface area contributed by atoms with Gasteiger partial charge in [0.2, 0.25) is 5.91 Å². The molecule has 2 N–H and O–H groups in total. The Morgan fingerprint density at radius 2 is 1.94 bits per heavy atom. The minimum absolute atomic E-state index is 0.0437. The second-order valence-corrected chi connectivity index (χ2v) is 9.26. The van der Waals surface area contributed by atoms with Gasteiger partial charge in [0.15, 0.2) is 0 Å². The van der Waals surface area contributed by atoms with Crippen LogP contribution < -0.4 is 15.5 Å². The Morgan fingerprint density at radius 3 is 2.56 bits per heavy atom. The van der Waals surface area contributed by atoms with E-state index in [4.69, 9.17) is 4.74 Å². The van der Waals surface area contributed by atoms with E-state index in [2.05, 4.69) is 22.5 Å². The Bertz CT molecular complexity index is 1050. The third kappa shape index (κ3) is 3.86. The summed E-state index contributed by atoms with van der Waals surface area (Å²) in [5, 5.41) is 6.54. The van der Waals surface area contributed by atoms with Crippen LogP contribution in [-0.2, 0) is 9.53 Å². The molecule has 5 rings (SSSR count). The molecule has 168 valence electrons. The van der Waals surface area contributed by atoms with E-state index in [0.29, 0.717) is 18.1 Å². The summed E-state index contributed by atoms with van der Waals surface area (Å²) in [4.78, 5) is 32.2. The fraction of sp³-hybridized carbons (Fsp3) is 0.480. The van der Waals surface area contributed by atoms with Gasteiger partial charge in [0.25, 0.3) is 5.91 Å². The predicted octanol–water partition coefficient (Wildman–Crippen LogP) is 3.80. The van der Waals surface area contributed by atoms with Crippen molar-refractivity contribution in [1.29, 1.82) is 0 Å². The maximum absolute atomic E-state index is 12.8. The van der Waals surface area contributed by atoms with E-state index in [1.807, 2.05) is 48.2 Å². The number of pyridine rings is 1. The Kier molecular flexibility index (Phi) is 5.37. The fourth-order valence-electron chi connectivity index (χ4n) is 5.07. The molecule has 3 heterocycles. The summed E-state index contributed by atoms with van der Waals surface area (Å²) in [6.45, 7) is 6.48. The first kappa shape index (κ1) is 20.9. The van der Waals surface area contributed by atoms with Crippen molar-refractivity contribution in [2.24, 2.45) is 11.8 Å². The second-order valence-electron chi connectivity index (χ2n) is 9.26. The number of ether oxygens (including phenoxy) is 1. The number of hydrogen-bond donors (Lipinski definition) is 2. The third-order valence-corrected chi connectivity index (χ3v) is 6.87. The largest absolute Gasteiger partial charge is 0.363 e. The molecule has 1 aromatic heterocycles. The number of rotatable bonds is 5. The first-order valence-corrected chi connectivity index (χ1v) is 11.5. The minimum atomic E-state index is -0.212. The molecule has 3 aliphatic rings. The van der Waals surface area contributed by atoms with Crippen LogP contribution in [0.5, 0.6) is 0 Å². The van der Waals surface area contributed by atoms with Gasteiger partial charge in [0, 0.05) is 42.2 Å². The predicted molar refractivity (Wildman–Crippen MR) is 122 cm³/mol. The van der Waals surface area contributed by atoms with Crippen molar-refractivity contribution >= 4 is 23.3 Å². The highest BCUT2D eigenvalue weighted by Crippen LogP contribution is 2.50. The number of nitrogens with one attached hydrogen (secondary N) is 2. The number of benzene rings is 1. The molecule has 1 saturated carbocycles. The maximum Gasteiger partial charge on any atom is 0.253 e. The molecular weight excluding hydrogens is 404 g/mol. The highest BCUT2D eigenvalue weighted by molar-refractivity contribution is 5.98. The van der Waals surface area contributed by atoms with Crippen molar-refractivity contribution in [2.75, 3.05) is 16.8 Å². The molecule has 2 aromatic rings. The van der Waals surface area contributed by atoms with Gasteiger partial charge in [-0.15, -0.1) is 0 Å². The number of aryl methyl sites for hydroxylation is 1. The Hall–Kier alpha value is -2.93. The van der Waals surface area contributed by atoms with Crippen molar-refractivity contribution in [3.8, 4) is 0 Å². The smallest absolute Gasteiger partial charge is 0.253 e. The summed E-state index contributed by atoms with van der Waals surface area (Å²) in [5.74, 6) is 1.36. The molecule has 2 amide bonds.